The summed E-state index contributed by atoms with van der Waals surface area (Å²) in [5.74, 6) is 0.862. The summed E-state index contributed by atoms with van der Waals surface area (Å²) in [6.45, 7) is 3.69. The summed E-state index contributed by atoms with van der Waals surface area (Å²) in [5.41, 5.74) is 0. The monoisotopic (exact) mass is 303 g/mol. The van der Waals surface area contributed by atoms with Gasteiger partial charge < -0.3 is 14.7 Å². The van der Waals surface area contributed by atoms with Gasteiger partial charge >= 0.3 is 0 Å². The van der Waals surface area contributed by atoms with Gasteiger partial charge in [0.1, 0.15) is 0 Å². The summed E-state index contributed by atoms with van der Waals surface area (Å²) in [6, 6.07) is 1.79. The molecule has 118 valence electrons. The molecule has 2 saturated heterocycles. The molecule has 3 rings (SSSR count). The predicted molar refractivity (Wildman–Crippen MR) is 81.3 cm³/mol. The highest BCUT2D eigenvalue weighted by Crippen LogP contribution is 2.13. The quantitative estimate of drug-likeness (QED) is 0.794. The molecule has 0 N–H and O–H groups in total. The summed E-state index contributed by atoms with van der Waals surface area (Å²) in [7, 11) is 0. The molecule has 1 aromatic heterocycles. The number of nitrogens with zero attached hydrogens (tertiary/aromatic N) is 5. The summed E-state index contributed by atoms with van der Waals surface area (Å²) < 4.78 is 0. The number of anilines is 1. The molecule has 2 aliphatic rings. The number of aromatic nitrogens is 2. The van der Waals surface area contributed by atoms with Gasteiger partial charge in [-0.1, -0.05) is 0 Å². The van der Waals surface area contributed by atoms with Gasteiger partial charge in [-0.15, -0.1) is 0 Å². The number of carbonyl (C=O) groups is 2. The Kier molecular flexibility index (Phi) is 4.50. The molecule has 0 unspecified atom stereocenters. The third-order valence-electron chi connectivity index (χ3n) is 4.21. The Morgan fingerprint density at radius 2 is 1.77 bits per heavy atom. The minimum absolute atomic E-state index is 0.0453. The standard InChI is InChI=1S/C15H21N5O2/c21-13-4-1-2-7-20(13)12-14(22)18-8-10-19(11-9-18)15-16-5-3-6-17-15/h3,5-6H,1-2,4,7-12H2. The number of carbonyl (C=O) groups excluding carboxylic acids is 2. The second kappa shape index (κ2) is 6.72. The number of amides is 2. The van der Waals surface area contributed by atoms with Crippen LogP contribution in [-0.4, -0.2) is 70.9 Å². The molecule has 7 heteroatoms. The molecular formula is C15H21N5O2. The number of likely N-dealkylation sites (tertiary alicyclic amines) is 1. The molecule has 0 atom stereocenters. The van der Waals surface area contributed by atoms with E-state index in [1.807, 2.05) is 4.90 Å². The molecule has 0 radical (unpaired) electrons. The zero-order valence-electron chi connectivity index (χ0n) is 12.6. The van der Waals surface area contributed by atoms with Crippen molar-refractivity contribution in [3.05, 3.63) is 18.5 Å². The van der Waals surface area contributed by atoms with Crippen LogP contribution in [0.3, 0.4) is 0 Å². The van der Waals surface area contributed by atoms with Crippen molar-refractivity contribution in [2.24, 2.45) is 0 Å². The van der Waals surface area contributed by atoms with E-state index in [4.69, 9.17) is 0 Å². The van der Waals surface area contributed by atoms with Crippen molar-refractivity contribution in [3.63, 3.8) is 0 Å². The SMILES string of the molecule is O=C(CN1CCCCC1=O)N1CCN(c2ncccn2)CC1. The van der Waals surface area contributed by atoms with E-state index in [-0.39, 0.29) is 18.4 Å². The van der Waals surface area contributed by atoms with Gasteiger partial charge in [-0.3, -0.25) is 9.59 Å². The van der Waals surface area contributed by atoms with E-state index < -0.39 is 0 Å². The minimum atomic E-state index is 0.0453. The average molecular weight is 303 g/mol. The van der Waals surface area contributed by atoms with Gasteiger partial charge in [0.25, 0.3) is 0 Å². The van der Waals surface area contributed by atoms with Crippen molar-refractivity contribution in [1.29, 1.82) is 0 Å². The van der Waals surface area contributed by atoms with Gasteiger partial charge in [0.2, 0.25) is 17.8 Å². The highest BCUT2D eigenvalue weighted by molar-refractivity contribution is 5.85. The van der Waals surface area contributed by atoms with Crippen LogP contribution in [0.2, 0.25) is 0 Å². The molecule has 2 fully saturated rings. The van der Waals surface area contributed by atoms with Crippen LogP contribution >= 0.6 is 0 Å². The number of hydrogen-bond donors (Lipinski definition) is 0. The maximum Gasteiger partial charge on any atom is 0.242 e. The van der Waals surface area contributed by atoms with E-state index in [1.54, 1.807) is 23.4 Å². The Morgan fingerprint density at radius 1 is 1.05 bits per heavy atom. The first-order valence-corrected chi connectivity index (χ1v) is 7.81. The van der Waals surface area contributed by atoms with Crippen LogP contribution in [0.5, 0.6) is 0 Å². The van der Waals surface area contributed by atoms with Gasteiger partial charge in [0.15, 0.2) is 0 Å². The van der Waals surface area contributed by atoms with Crippen molar-refractivity contribution in [2.45, 2.75) is 19.3 Å². The van der Waals surface area contributed by atoms with Crippen LogP contribution in [-0.2, 0) is 9.59 Å². The predicted octanol–water partition coefficient (Wildman–Crippen LogP) is 0.138. The van der Waals surface area contributed by atoms with Crippen molar-refractivity contribution in [3.8, 4) is 0 Å². The minimum Gasteiger partial charge on any atom is -0.338 e. The molecule has 3 heterocycles. The van der Waals surface area contributed by atoms with Crippen molar-refractivity contribution < 1.29 is 9.59 Å². The van der Waals surface area contributed by atoms with Crippen LogP contribution in [0.1, 0.15) is 19.3 Å². The van der Waals surface area contributed by atoms with Crippen LogP contribution in [0, 0.1) is 0 Å². The lowest BCUT2D eigenvalue weighted by Crippen LogP contribution is -2.52. The fourth-order valence-corrected chi connectivity index (χ4v) is 2.90. The van der Waals surface area contributed by atoms with Crippen LogP contribution in [0.4, 0.5) is 5.95 Å². The average Bonchev–Trinajstić information content (AvgIpc) is 2.58. The summed E-state index contributed by atoms with van der Waals surface area (Å²) in [5, 5.41) is 0. The number of rotatable bonds is 3. The van der Waals surface area contributed by atoms with E-state index in [9.17, 15) is 9.59 Å². The Hall–Kier alpha value is -2.18. The zero-order chi connectivity index (χ0) is 15.4. The first-order valence-electron chi connectivity index (χ1n) is 7.81. The molecule has 0 aliphatic carbocycles. The molecular weight excluding hydrogens is 282 g/mol. The van der Waals surface area contributed by atoms with E-state index in [0.717, 1.165) is 25.9 Å². The first-order chi connectivity index (χ1) is 10.7. The number of piperidine rings is 1. The summed E-state index contributed by atoms with van der Waals surface area (Å²) >= 11 is 0. The Labute approximate surface area is 129 Å². The molecule has 0 aromatic carbocycles. The number of piperazine rings is 1. The van der Waals surface area contributed by atoms with E-state index in [0.29, 0.717) is 32.0 Å². The smallest absolute Gasteiger partial charge is 0.242 e. The topological polar surface area (TPSA) is 69.6 Å². The van der Waals surface area contributed by atoms with Gasteiger partial charge in [-0.25, -0.2) is 9.97 Å². The normalized spacial score (nSPS) is 19.5. The summed E-state index contributed by atoms with van der Waals surface area (Å²) in [4.78, 5) is 38.2. The molecule has 22 heavy (non-hydrogen) atoms. The van der Waals surface area contributed by atoms with Crippen molar-refractivity contribution in [1.82, 2.24) is 19.8 Å². The fraction of sp³-hybridized carbons (Fsp3) is 0.600. The highest BCUT2D eigenvalue weighted by Gasteiger charge is 2.26. The maximum absolute atomic E-state index is 12.3. The van der Waals surface area contributed by atoms with E-state index >= 15 is 0 Å². The largest absolute Gasteiger partial charge is 0.338 e. The van der Waals surface area contributed by atoms with Gasteiger partial charge in [0, 0.05) is 51.5 Å². The zero-order valence-corrected chi connectivity index (χ0v) is 12.6. The van der Waals surface area contributed by atoms with E-state index in [2.05, 4.69) is 14.9 Å². The lowest BCUT2D eigenvalue weighted by Gasteiger charge is -2.36. The Balaban J connectivity index is 1.50. The lowest BCUT2D eigenvalue weighted by molar-refractivity contribution is -0.142. The second-order valence-corrected chi connectivity index (χ2v) is 5.69. The van der Waals surface area contributed by atoms with Crippen LogP contribution in [0.15, 0.2) is 18.5 Å². The number of hydrogen-bond acceptors (Lipinski definition) is 5. The van der Waals surface area contributed by atoms with Gasteiger partial charge in [-0.05, 0) is 18.9 Å². The van der Waals surface area contributed by atoms with Crippen molar-refractivity contribution >= 4 is 17.8 Å². The summed E-state index contributed by atoms with van der Waals surface area (Å²) in [6.07, 6.45) is 5.97. The molecule has 7 nitrogen and oxygen atoms in total. The van der Waals surface area contributed by atoms with Gasteiger partial charge in [0.05, 0.1) is 6.54 Å². The molecule has 2 aliphatic heterocycles. The van der Waals surface area contributed by atoms with Crippen molar-refractivity contribution in [2.75, 3.05) is 44.2 Å². The fourth-order valence-electron chi connectivity index (χ4n) is 2.90. The third kappa shape index (κ3) is 3.35. The molecule has 0 bridgehead atoms. The highest BCUT2D eigenvalue weighted by atomic mass is 16.2. The van der Waals surface area contributed by atoms with E-state index in [1.165, 1.54) is 0 Å². The van der Waals surface area contributed by atoms with Crippen LogP contribution < -0.4 is 4.90 Å². The Bertz CT molecular complexity index is 528. The van der Waals surface area contributed by atoms with Gasteiger partial charge in [-0.2, -0.15) is 0 Å². The maximum atomic E-state index is 12.3. The third-order valence-corrected chi connectivity index (χ3v) is 4.21. The van der Waals surface area contributed by atoms with Crippen LogP contribution in [0.25, 0.3) is 0 Å². The molecule has 1 aromatic rings. The molecule has 2 amide bonds. The molecule has 0 saturated carbocycles. The Morgan fingerprint density at radius 3 is 2.45 bits per heavy atom. The second-order valence-electron chi connectivity index (χ2n) is 5.69. The first kappa shape index (κ1) is 14.7. The molecule has 0 spiro atoms. The lowest BCUT2D eigenvalue weighted by atomic mass is 10.1.